The van der Waals surface area contributed by atoms with Crippen LogP contribution in [0, 0.1) is 0 Å². The first-order valence-electron chi connectivity index (χ1n) is 7.46. The highest BCUT2D eigenvalue weighted by Crippen LogP contribution is 2.33. The van der Waals surface area contributed by atoms with E-state index in [1.807, 2.05) is 44.2 Å². The third-order valence-corrected chi connectivity index (χ3v) is 3.16. The Morgan fingerprint density at radius 2 is 1.78 bits per heavy atom. The molecule has 23 heavy (non-hydrogen) atoms. The maximum atomic E-state index is 5.68. The molecule has 3 rings (SSSR count). The van der Waals surface area contributed by atoms with Crippen molar-refractivity contribution in [1.82, 2.24) is 15.1 Å². The summed E-state index contributed by atoms with van der Waals surface area (Å²) in [5.74, 6) is 2.32. The van der Waals surface area contributed by atoms with Crippen LogP contribution < -0.4 is 9.47 Å². The quantitative estimate of drug-likeness (QED) is 0.693. The molecule has 0 fully saturated rings. The monoisotopic (exact) mass is 311 g/mol. The van der Waals surface area contributed by atoms with E-state index in [-0.39, 0.29) is 0 Å². The zero-order chi connectivity index (χ0) is 16.1. The molecule has 0 atom stereocenters. The zero-order valence-electron chi connectivity index (χ0n) is 13.0. The van der Waals surface area contributed by atoms with E-state index >= 15 is 0 Å². The lowest BCUT2D eigenvalue weighted by atomic mass is 10.2. The van der Waals surface area contributed by atoms with Crippen molar-refractivity contribution in [2.75, 3.05) is 13.2 Å². The molecule has 2 aromatic heterocycles. The molecule has 0 spiro atoms. The number of ether oxygens (including phenoxy) is 2. The summed E-state index contributed by atoms with van der Waals surface area (Å²) in [6.45, 7) is 4.99. The van der Waals surface area contributed by atoms with Crippen LogP contribution in [0.25, 0.3) is 22.8 Å². The summed E-state index contributed by atoms with van der Waals surface area (Å²) < 4.78 is 16.6. The second-order valence-electron chi connectivity index (χ2n) is 4.68. The van der Waals surface area contributed by atoms with Gasteiger partial charge in [-0.3, -0.25) is 4.98 Å². The topological polar surface area (TPSA) is 70.3 Å². The van der Waals surface area contributed by atoms with Crippen LogP contribution >= 0.6 is 0 Å². The van der Waals surface area contributed by atoms with Crippen molar-refractivity contribution in [3.8, 4) is 34.3 Å². The van der Waals surface area contributed by atoms with Gasteiger partial charge in [-0.2, -0.15) is 4.98 Å². The highest BCUT2D eigenvalue weighted by Gasteiger charge is 2.16. The van der Waals surface area contributed by atoms with Gasteiger partial charge in [-0.25, -0.2) is 0 Å². The average Bonchev–Trinajstić information content (AvgIpc) is 3.06. The molecule has 0 unspecified atom stereocenters. The minimum Gasteiger partial charge on any atom is -0.494 e. The van der Waals surface area contributed by atoms with Crippen molar-refractivity contribution < 1.29 is 14.0 Å². The molecule has 1 aromatic carbocycles. The molecule has 6 nitrogen and oxygen atoms in total. The number of nitrogens with zero attached hydrogens (tertiary/aromatic N) is 3. The summed E-state index contributed by atoms with van der Waals surface area (Å²) in [6.07, 6.45) is 3.38. The van der Waals surface area contributed by atoms with Crippen LogP contribution in [-0.4, -0.2) is 28.3 Å². The van der Waals surface area contributed by atoms with Gasteiger partial charge in [0.05, 0.1) is 18.8 Å². The standard InChI is InChI=1S/C17H17N3O3/c1-3-21-13-5-6-14(15(11-13)22-4-2)17-19-16(20-23-17)12-7-9-18-10-8-12/h5-11H,3-4H2,1-2H3. The van der Waals surface area contributed by atoms with Crippen LogP contribution in [0.3, 0.4) is 0 Å². The van der Waals surface area contributed by atoms with Gasteiger partial charge in [-0.05, 0) is 38.1 Å². The Bertz CT molecular complexity index is 772. The average molecular weight is 311 g/mol. The van der Waals surface area contributed by atoms with Crippen LogP contribution in [-0.2, 0) is 0 Å². The Kier molecular flexibility index (Phi) is 4.52. The Morgan fingerprint density at radius 3 is 2.52 bits per heavy atom. The van der Waals surface area contributed by atoms with Crippen LogP contribution in [0.15, 0.2) is 47.2 Å². The molecule has 0 bridgehead atoms. The minimum absolute atomic E-state index is 0.406. The Balaban J connectivity index is 1.96. The molecule has 118 valence electrons. The lowest BCUT2D eigenvalue weighted by Crippen LogP contribution is -1.97. The van der Waals surface area contributed by atoms with Crippen molar-refractivity contribution in [3.63, 3.8) is 0 Å². The third kappa shape index (κ3) is 3.31. The normalized spacial score (nSPS) is 10.5. The van der Waals surface area contributed by atoms with Gasteiger partial charge in [0, 0.05) is 24.0 Å². The maximum Gasteiger partial charge on any atom is 0.262 e. The predicted octanol–water partition coefficient (Wildman–Crippen LogP) is 3.60. The summed E-state index contributed by atoms with van der Waals surface area (Å²) in [4.78, 5) is 8.42. The first kappa shape index (κ1) is 15.0. The summed E-state index contributed by atoms with van der Waals surface area (Å²) in [5, 5.41) is 4.02. The number of benzene rings is 1. The number of hydrogen-bond acceptors (Lipinski definition) is 6. The van der Waals surface area contributed by atoms with E-state index < -0.39 is 0 Å². The van der Waals surface area contributed by atoms with Gasteiger partial charge in [-0.15, -0.1) is 0 Å². The van der Waals surface area contributed by atoms with Crippen LogP contribution in [0.1, 0.15) is 13.8 Å². The third-order valence-electron chi connectivity index (χ3n) is 3.16. The molecule has 0 amide bonds. The Morgan fingerprint density at radius 1 is 1.00 bits per heavy atom. The van der Waals surface area contributed by atoms with E-state index in [1.165, 1.54) is 0 Å². The molecular weight excluding hydrogens is 294 g/mol. The lowest BCUT2D eigenvalue weighted by Gasteiger charge is -2.10. The van der Waals surface area contributed by atoms with Crippen molar-refractivity contribution >= 4 is 0 Å². The highest BCUT2D eigenvalue weighted by atomic mass is 16.5. The van der Waals surface area contributed by atoms with E-state index in [0.717, 1.165) is 16.9 Å². The second-order valence-corrected chi connectivity index (χ2v) is 4.68. The zero-order valence-corrected chi connectivity index (χ0v) is 13.0. The van der Waals surface area contributed by atoms with Gasteiger partial charge in [-0.1, -0.05) is 5.16 Å². The van der Waals surface area contributed by atoms with Crippen LogP contribution in [0.5, 0.6) is 11.5 Å². The second kappa shape index (κ2) is 6.91. The van der Waals surface area contributed by atoms with Crippen molar-refractivity contribution in [1.29, 1.82) is 0 Å². The minimum atomic E-state index is 0.406. The van der Waals surface area contributed by atoms with Crippen molar-refractivity contribution in [3.05, 3.63) is 42.7 Å². The van der Waals surface area contributed by atoms with Gasteiger partial charge in [0.25, 0.3) is 5.89 Å². The fraction of sp³-hybridized carbons (Fsp3) is 0.235. The fourth-order valence-corrected chi connectivity index (χ4v) is 2.16. The molecule has 6 heteroatoms. The van der Waals surface area contributed by atoms with E-state index in [4.69, 9.17) is 14.0 Å². The molecule has 0 saturated heterocycles. The number of pyridine rings is 1. The molecule has 2 heterocycles. The molecule has 0 saturated carbocycles. The summed E-state index contributed by atoms with van der Waals surface area (Å²) in [7, 11) is 0. The molecular formula is C17H17N3O3. The maximum absolute atomic E-state index is 5.68. The van der Waals surface area contributed by atoms with Gasteiger partial charge in [0.15, 0.2) is 0 Å². The van der Waals surface area contributed by atoms with E-state index in [0.29, 0.717) is 30.7 Å². The molecule has 3 aromatic rings. The van der Waals surface area contributed by atoms with E-state index in [9.17, 15) is 0 Å². The lowest BCUT2D eigenvalue weighted by molar-refractivity contribution is 0.323. The van der Waals surface area contributed by atoms with Crippen LogP contribution in [0.2, 0.25) is 0 Å². The summed E-state index contributed by atoms with van der Waals surface area (Å²) in [6, 6.07) is 9.21. The SMILES string of the molecule is CCOc1ccc(-c2nc(-c3ccncc3)no2)c(OCC)c1. The van der Waals surface area contributed by atoms with Crippen LogP contribution in [0.4, 0.5) is 0 Å². The summed E-state index contributed by atoms with van der Waals surface area (Å²) >= 11 is 0. The van der Waals surface area contributed by atoms with Gasteiger partial charge < -0.3 is 14.0 Å². The molecule has 0 N–H and O–H groups in total. The molecule has 0 aliphatic carbocycles. The molecule has 0 radical (unpaired) electrons. The van der Waals surface area contributed by atoms with E-state index in [1.54, 1.807) is 12.4 Å². The van der Waals surface area contributed by atoms with E-state index in [2.05, 4.69) is 15.1 Å². The fourth-order valence-electron chi connectivity index (χ4n) is 2.16. The van der Waals surface area contributed by atoms with Gasteiger partial charge in [0.2, 0.25) is 5.82 Å². The number of hydrogen-bond donors (Lipinski definition) is 0. The van der Waals surface area contributed by atoms with Gasteiger partial charge in [0.1, 0.15) is 11.5 Å². The van der Waals surface area contributed by atoms with Gasteiger partial charge >= 0.3 is 0 Å². The number of aromatic nitrogens is 3. The highest BCUT2D eigenvalue weighted by molar-refractivity contribution is 5.66. The largest absolute Gasteiger partial charge is 0.494 e. The predicted molar refractivity (Wildman–Crippen MR) is 85.3 cm³/mol. The molecule has 0 aliphatic heterocycles. The first-order valence-corrected chi connectivity index (χ1v) is 7.46. The Hall–Kier alpha value is -2.89. The van der Waals surface area contributed by atoms with Crippen molar-refractivity contribution in [2.45, 2.75) is 13.8 Å². The first-order chi connectivity index (χ1) is 11.3. The summed E-state index contributed by atoms with van der Waals surface area (Å²) in [5.41, 5.74) is 1.59. The Labute approximate surface area is 134 Å². The molecule has 0 aliphatic rings. The number of rotatable bonds is 6. The smallest absolute Gasteiger partial charge is 0.262 e. The van der Waals surface area contributed by atoms with Crippen molar-refractivity contribution in [2.24, 2.45) is 0 Å².